The van der Waals surface area contributed by atoms with Crippen molar-refractivity contribution in [1.29, 1.82) is 0 Å². The fourth-order valence-corrected chi connectivity index (χ4v) is 1.43. The van der Waals surface area contributed by atoms with Crippen LogP contribution in [0.4, 0.5) is 0 Å². The maximum absolute atomic E-state index is 5.93. The van der Waals surface area contributed by atoms with E-state index in [0.717, 1.165) is 31.5 Å². The zero-order chi connectivity index (χ0) is 11.3. The zero-order valence-electron chi connectivity index (χ0n) is 9.86. The van der Waals surface area contributed by atoms with Crippen LogP contribution in [0.5, 0.6) is 0 Å². The SMILES string of the molecule is CCCCc1noc(C(C)C(N)CC)n1. The van der Waals surface area contributed by atoms with Gasteiger partial charge in [0.15, 0.2) is 5.82 Å². The fraction of sp³-hybridized carbons (Fsp3) is 0.818. The average molecular weight is 211 g/mol. The Hall–Kier alpha value is -0.900. The maximum atomic E-state index is 5.93. The molecular weight excluding hydrogens is 190 g/mol. The van der Waals surface area contributed by atoms with E-state index in [4.69, 9.17) is 10.3 Å². The molecule has 4 nitrogen and oxygen atoms in total. The molecule has 15 heavy (non-hydrogen) atoms. The van der Waals surface area contributed by atoms with Gasteiger partial charge in [0.1, 0.15) is 0 Å². The molecule has 1 aromatic heterocycles. The second kappa shape index (κ2) is 5.85. The van der Waals surface area contributed by atoms with Gasteiger partial charge in [-0.05, 0) is 12.8 Å². The molecule has 1 aromatic rings. The molecule has 0 aromatic carbocycles. The van der Waals surface area contributed by atoms with E-state index in [1.165, 1.54) is 0 Å². The van der Waals surface area contributed by atoms with E-state index in [0.29, 0.717) is 5.89 Å². The van der Waals surface area contributed by atoms with E-state index in [2.05, 4.69) is 24.0 Å². The van der Waals surface area contributed by atoms with Crippen LogP contribution in [-0.4, -0.2) is 16.2 Å². The molecule has 2 atom stereocenters. The third-order valence-electron chi connectivity index (χ3n) is 2.74. The Balaban J connectivity index is 2.58. The van der Waals surface area contributed by atoms with Crippen LogP contribution in [0.1, 0.15) is 57.7 Å². The van der Waals surface area contributed by atoms with Gasteiger partial charge in [-0.3, -0.25) is 0 Å². The number of nitrogens with two attached hydrogens (primary N) is 1. The number of rotatable bonds is 6. The molecule has 0 aliphatic heterocycles. The van der Waals surface area contributed by atoms with Gasteiger partial charge < -0.3 is 10.3 Å². The molecule has 1 rings (SSSR count). The van der Waals surface area contributed by atoms with Crippen molar-refractivity contribution in [3.63, 3.8) is 0 Å². The normalized spacial score (nSPS) is 15.2. The molecule has 0 spiro atoms. The van der Waals surface area contributed by atoms with Crippen LogP contribution in [0.25, 0.3) is 0 Å². The highest BCUT2D eigenvalue weighted by Gasteiger charge is 2.19. The van der Waals surface area contributed by atoms with Crippen LogP contribution in [-0.2, 0) is 6.42 Å². The summed E-state index contributed by atoms with van der Waals surface area (Å²) in [5.41, 5.74) is 5.93. The zero-order valence-corrected chi connectivity index (χ0v) is 9.86. The Morgan fingerprint density at radius 2 is 2.13 bits per heavy atom. The van der Waals surface area contributed by atoms with Gasteiger partial charge in [-0.25, -0.2) is 0 Å². The number of aromatic nitrogens is 2. The van der Waals surface area contributed by atoms with Gasteiger partial charge in [0.25, 0.3) is 0 Å². The summed E-state index contributed by atoms with van der Waals surface area (Å²) in [6.07, 6.45) is 4.07. The Morgan fingerprint density at radius 3 is 2.73 bits per heavy atom. The van der Waals surface area contributed by atoms with Crippen LogP contribution in [0.3, 0.4) is 0 Å². The second-order valence-electron chi connectivity index (χ2n) is 4.01. The van der Waals surface area contributed by atoms with Crippen molar-refractivity contribution in [2.45, 2.75) is 58.4 Å². The molecule has 2 unspecified atom stereocenters. The van der Waals surface area contributed by atoms with Gasteiger partial charge in [-0.1, -0.05) is 32.3 Å². The highest BCUT2D eigenvalue weighted by atomic mass is 16.5. The highest BCUT2D eigenvalue weighted by Crippen LogP contribution is 2.18. The second-order valence-corrected chi connectivity index (χ2v) is 4.01. The topological polar surface area (TPSA) is 64.9 Å². The molecule has 0 fully saturated rings. The molecule has 86 valence electrons. The molecular formula is C11H21N3O. The molecule has 0 saturated heterocycles. The van der Waals surface area contributed by atoms with Crippen molar-refractivity contribution in [3.05, 3.63) is 11.7 Å². The van der Waals surface area contributed by atoms with Crippen LogP contribution in [0.15, 0.2) is 4.52 Å². The van der Waals surface area contributed by atoms with Crippen LogP contribution in [0, 0.1) is 0 Å². The Labute approximate surface area is 91.2 Å². The first kappa shape index (κ1) is 12.2. The first-order chi connectivity index (χ1) is 7.19. The van der Waals surface area contributed by atoms with Crippen molar-refractivity contribution >= 4 is 0 Å². The molecule has 1 heterocycles. The summed E-state index contributed by atoms with van der Waals surface area (Å²) in [5, 5.41) is 3.95. The standard InChI is InChI=1S/C11H21N3O/c1-4-6-7-10-13-11(15-14-10)8(3)9(12)5-2/h8-9H,4-7,12H2,1-3H3. The molecule has 0 aliphatic rings. The summed E-state index contributed by atoms with van der Waals surface area (Å²) in [4.78, 5) is 4.36. The van der Waals surface area contributed by atoms with E-state index < -0.39 is 0 Å². The van der Waals surface area contributed by atoms with Crippen molar-refractivity contribution < 1.29 is 4.52 Å². The molecule has 0 amide bonds. The lowest BCUT2D eigenvalue weighted by atomic mass is 10.0. The van der Waals surface area contributed by atoms with E-state index in [1.807, 2.05) is 6.92 Å². The summed E-state index contributed by atoms with van der Waals surface area (Å²) in [5.74, 6) is 1.63. The molecule has 0 saturated carbocycles. The van der Waals surface area contributed by atoms with Gasteiger partial charge >= 0.3 is 0 Å². The van der Waals surface area contributed by atoms with E-state index in [1.54, 1.807) is 0 Å². The maximum Gasteiger partial charge on any atom is 0.231 e. The van der Waals surface area contributed by atoms with Gasteiger partial charge in [-0.15, -0.1) is 0 Å². The van der Waals surface area contributed by atoms with Gasteiger partial charge in [-0.2, -0.15) is 4.98 Å². The summed E-state index contributed by atoms with van der Waals surface area (Å²) in [6.45, 7) is 6.25. The van der Waals surface area contributed by atoms with E-state index in [9.17, 15) is 0 Å². The molecule has 4 heteroatoms. The Bertz CT molecular complexity index is 285. The van der Waals surface area contributed by atoms with Gasteiger partial charge in [0.05, 0.1) is 5.92 Å². The quantitative estimate of drug-likeness (QED) is 0.783. The van der Waals surface area contributed by atoms with Crippen molar-refractivity contribution in [1.82, 2.24) is 10.1 Å². The van der Waals surface area contributed by atoms with E-state index in [-0.39, 0.29) is 12.0 Å². The predicted octanol–water partition coefficient (Wildman–Crippen LogP) is 2.25. The van der Waals surface area contributed by atoms with Gasteiger partial charge in [0.2, 0.25) is 5.89 Å². The Kier molecular flexibility index (Phi) is 4.75. The van der Waals surface area contributed by atoms with Crippen molar-refractivity contribution in [2.75, 3.05) is 0 Å². The lowest BCUT2D eigenvalue weighted by Gasteiger charge is -2.13. The summed E-state index contributed by atoms with van der Waals surface area (Å²) >= 11 is 0. The lowest BCUT2D eigenvalue weighted by molar-refractivity contribution is 0.336. The Morgan fingerprint density at radius 1 is 1.40 bits per heavy atom. The first-order valence-electron chi connectivity index (χ1n) is 5.77. The first-order valence-corrected chi connectivity index (χ1v) is 5.77. The van der Waals surface area contributed by atoms with Crippen LogP contribution < -0.4 is 5.73 Å². The predicted molar refractivity (Wildman–Crippen MR) is 59.6 cm³/mol. The number of nitrogens with zero attached hydrogens (tertiary/aromatic N) is 2. The van der Waals surface area contributed by atoms with E-state index >= 15 is 0 Å². The van der Waals surface area contributed by atoms with Crippen molar-refractivity contribution in [2.24, 2.45) is 5.73 Å². The van der Waals surface area contributed by atoms with Crippen LogP contribution >= 0.6 is 0 Å². The monoisotopic (exact) mass is 211 g/mol. The highest BCUT2D eigenvalue weighted by molar-refractivity contribution is 4.96. The summed E-state index contributed by atoms with van der Waals surface area (Å²) in [7, 11) is 0. The molecule has 0 bridgehead atoms. The summed E-state index contributed by atoms with van der Waals surface area (Å²) < 4.78 is 5.21. The third kappa shape index (κ3) is 3.30. The average Bonchev–Trinajstić information content (AvgIpc) is 2.72. The number of hydrogen-bond acceptors (Lipinski definition) is 4. The fourth-order valence-electron chi connectivity index (χ4n) is 1.43. The minimum Gasteiger partial charge on any atom is -0.339 e. The van der Waals surface area contributed by atoms with Gasteiger partial charge in [0, 0.05) is 12.5 Å². The molecule has 0 aliphatic carbocycles. The van der Waals surface area contributed by atoms with Crippen molar-refractivity contribution in [3.8, 4) is 0 Å². The summed E-state index contributed by atoms with van der Waals surface area (Å²) in [6, 6.07) is 0.101. The minimum atomic E-state index is 0.101. The lowest BCUT2D eigenvalue weighted by Crippen LogP contribution is -2.25. The third-order valence-corrected chi connectivity index (χ3v) is 2.74. The minimum absolute atomic E-state index is 0.101. The smallest absolute Gasteiger partial charge is 0.231 e. The molecule has 0 radical (unpaired) electrons. The number of hydrogen-bond donors (Lipinski definition) is 1. The number of aryl methyl sites for hydroxylation is 1. The molecule has 2 N–H and O–H groups in total. The largest absolute Gasteiger partial charge is 0.339 e. The van der Waals surface area contributed by atoms with Crippen LogP contribution in [0.2, 0.25) is 0 Å². The number of unbranched alkanes of at least 4 members (excludes halogenated alkanes) is 1.